The fraction of sp³-hybridized carbons (Fsp3) is 0.250. The number of halogens is 1. The predicted molar refractivity (Wildman–Crippen MR) is 145 cm³/mol. The molecule has 0 spiro atoms. The first-order chi connectivity index (χ1) is 18.5. The second-order valence-electron chi connectivity index (χ2n) is 9.60. The van der Waals surface area contributed by atoms with Crippen LogP contribution in [0.5, 0.6) is 6.01 Å². The number of benzene rings is 2. The van der Waals surface area contributed by atoms with Crippen LogP contribution < -0.4 is 10.5 Å². The van der Waals surface area contributed by atoms with Gasteiger partial charge in [0.1, 0.15) is 6.10 Å². The van der Waals surface area contributed by atoms with E-state index in [0.717, 1.165) is 34.4 Å². The zero-order chi connectivity index (χ0) is 25.8. The number of ether oxygens (including phenoxy) is 3. The minimum absolute atomic E-state index is 0.0565. The van der Waals surface area contributed by atoms with Gasteiger partial charge in [0, 0.05) is 19.2 Å². The summed E-state index contributed by atoms with van der Waals surface area (Å²) in [5, 5.41) is 0.531. The van der Waals surface area contributed by atoms with Crippen molar-refractivity contribution in [1.82, 2.24) is 24.5 Å². The standard InChI is InChI=1S/C28H25ClN6O3/c1-35-21(13-31-27(35)30)17-6-2-15(3-7-17)16-4-8-18(9-5-16)24-19(29)12-20-26(33-24)34-28(32-20)38-23-14-37-22-10-11-36-25(22)23/h2-9,12-13,22-23,25H,10-11,14H2,1H3,(H2,30,31)(H,32,33,34)/t22-,23-,25+/m1/s1. The summed E-state index contributed by atoms with van der Waals surface area (Å²) in [6.45, 7) is 1.18. The number of aromatic amines is 1. The molecule has 0 radical (unpaired) electrons. The van der Waals surface area contributed by atoms with Gasteiger partial charge in [-0.05, 0) is 29.2 Å². The zero-order valence-electron chi connectivity index (χ0n) is 20.6. The van der Waals surface area contributed by atoms with Crippen molar-refractivity contribution in [3.05, 3.63) is 65.8 Å². The number of hydrogen-bond donors (Lipinski definition) is 2. The van der Waals surface area contributed by atoms with Crippen molar-refractivity contribution in [2.75, 3.05) is 18.9 Å². The third kappa shape index (κ3) is 3.99. The third-order valence-corrected chi connectivity index (χ3v) is 7.57. The van der Waals surface area contributed by atoms with Gasteiger partial charge in [-0.15, -0.1) is 0 Å². The number of fused-ring (bicyclic) bond motifs is 2. The molecule has 10 heteroatoms. The molecule has 9 nitrogen and oxygen atoms in total. The van der Waals surface area contributed by atoms with Crippen LogP contribution in [0.1, 0.15) is 6.42 Å². The Bertz CT molecular complexity index is 1630. The third-order valence-electron chi connectivity index (χ3n) is 7.28. The fourth-order valence-corrected chi connectivity index (χ4v) is 5.44. The average Bonchev–Trinajstić information content (AvgIpc) is 3.71. The number of H-pyrrole nitrogens is 1. The van der Waals surface area contributed by atoms with Crippen LogP contribution in [0.4, 0.5) is 5.95 Å². The highest BCUT2D eigenvalue weighted by Crippen LogP contribution is 2.33. The largest absolute Gasteiger partial charge is 0.456 e. The van der Waals surface area contributed by atoms with Gasteiger partial charge in [-0.1, -0.05) is 60.1 Å². The Morgan fingerprint density at radius 2 is 1.71 bits per heavy atom. The minimum Gasteiger partial charge on any atom is -0.456 e. The van der Waals surface area contributed by atoms with Crippen molar-refractivity contribution < 1.29 is 14.2 Å². The van der Waals surface area contributed by atoms with E-state index in [0.29, 0.717) is 47.1 Å². The maximum absolute atomic E-state index is 6.63. The summed E-state index contributed by atoms with van der Waals surface area (Å²) in [6, 6.07) is 18.7. The molecule has 3 atom stereocenters. The highest BCUT2D eigenvalue weighted by Gasteiger charge is 2.43. The molecular formula is C28H25ClN6O3. The molecule has 2 fully saturated rings. The Balaban J connectivity index is 1.11. The Labute approximate surface area is 223 Å². The fourth-order valence-electron chi connectivity index (χ4n) is 5.17. The van der Waals surface area contributed by atoms with Crippen molar-refractivity contribution >= 4 is 28.7 Å². The summed E-state index contributed by atoms with van der Waals surface area (Å²) < 4.78 is 19.5. The average molecular weight is 529 g/mol. The molecule has 2 aliphatic heterocycles. The summed E-state index contributed by atoms with van der Waals surface area (Å²) >= 11 is 6.63. The molecule has 192 valence electrons. The van der Waals surface area contributed by atoms with Gasteiger partial charge in [0.25, 0.3) is 6.01 Å². The maximum Gasteiger partial charge on any atom is 0.296 e. The number of nitrogens with zero attached hydrogens (tertiary/aromatic N) is 4. The van der Waals surface area contributed by atoms with Gasteiger partial charge in [-0.2, -0.15) is 4.98 Å². The lowest BCUT2D eigenvalue weighted by Crippen LogP contribution is -2.32. The van der Waals surface area contributed by atoms with Gasteiger partial charge < -0.3 is 29.5 Å². The van der Waals surface area contributed by atoms with E-state index < -0.39 is 0 Å². The molecule has 5 aromatic rings. The molecule has 2 aliphatic rings. The van der Waals surface area contributed by atoms with Gasteiger partial charge in [0.15, 0.2) is 17.7 Å². The van der Waals surface area contributed by atoms with Crippen molar-refractivity contribution in [1.29, 1.82) is 0 Å². The molecule has 0 unspecified atom stereocenters. The number of nitrogen functional groups attached to an aromatic ring is 1. The predicted octanol–water partition coefficient (Wildman–Crippen LogP) is 4.86. The van der Waals surface area contributed by atoms with Crippen LogP contribution in [0.3, 0.4) is 0 Å². The van der Waals surface area contributed by atoms with E-state index in [1.807, 2.05) is 29.8 Å². The highest BCUT2D eigenvalue weighted by molar-refractivity contribution is 6.33. The molecular weight excluding hydrogens is 504 g/mol. The van der Waals surface area contributed by atoms with Gasteiger partial charge in [0.05, 0.1) is 40.8 Å². The molecule has 3 aromatic heterocycles. The van der Waals surface area contributed by atoms with Crippen LogP contribution in [0, 0.1) is 0 Å². The quantitative estimate of drug-likeness (QED) is 0.335. The molecule has 0 amide bonds. The van der Waals surface area contributed by atoms with Gasteiger partial charge in [-0.3, -0.25) is 0 Å². The van der Waals surface area contributed by atoms with Crippen LogP contribution >= 0.6 is 11.6 Å². The smallest absolute Gasteiger partial charge is 0.296 e. The van der Waals surface area contributed by atoms with Crippen LogP contribution in [0.25, 0.3) is 44.8 Å². The Hall–Kier alpha value is -3.92. The molecule has 38 heavy (non-hydrogen) atoms. The summed E-state index contributed by atoms with van der Waals surface area (Å²) in [4.78, 5) is 16.6. The second-order valence-corrected chi connectivity index (χ2v) is 10.0. The lowest BCUT2D eigenvalue weighted by Gasteiger charge is -2.15. The van der Waals surface area contributed by atoms with Gasteiger partial charge in [-0.25, -0.2) is 9.97 Å². The first-order valence-corrected chi connectivity index (χ1v) is 12.9. The molecule has 3 N–H and O–H groups in total. The molecule has 0 saturated carbocycles. The SMILES string of the molecule is Cn1c(-c2ccc(-c3ccc(-c4nc5nc(O[C@@H]6CO[C@@H]7CCO[C@@H]76)[nH]c5cc4Cl)cc3)cc2)cnc1N. The van der Waals surface area contributed by atoms with Crippen LogP contribution in [-0.4, -0.2) is 56.0 Å². The van der Waals surface area contributed by atoms with Crippen LogP contribution in [0.2, 0.25) is 5.02 Å². The molecule has 0 bridgehead atoms. The number of pyridine rings is 1. The van der Waals surface area contributed by atoms with E-state index in [-0.39, 0.29) is 18.3 Å². The van der Waals surface area contributed by atoms with Crippen molar-refractivity contribution in [2.45, 2.75) is 24.7 Å². The summed E-state index contributed by atoms with van der Waals surface area (Å²) in [5.74, 6) is 0.490. The van der Waals surface area contributed by atoms with Crippen molar-refractivity contribution in [2.24, 2.45) is 7.05 Å². The topological polar surface area (TPSA) is 113 Å². The van der Waals surface area contributed by atoms with Crippen molar-refractivity contribution in [3.63, 3.8) is 0 Å². The highest BCUT2D eigenvalue weighted by atomic mass is 35.5. The number of hydrogen-bond acceptors (Lipinski definition) is 7. The van der Waals surface area contributed by atoms with Crippen molar-refractivity contribution in [3.8, 4) is 39.7 Å². The molecule has 7 rings (SSSR count). The summed E-state index contributed by atoms with van der Waals surface area (Å²) in [5.41, 5.74) is 12.9. The van der Waals surface area contributed by atoms with E-state index in [9.17, 15) is 0 Å². The van der Waals surface area contributed by atoms with E-state index in [1.165, 1.54) is 0 Å². The number of rotatable bonds is 5. The van der Waals surface area contributed by atoms with Gasteiger partial charge in [0.2, 0.25) is 0 Å². The van der Waals surface area contributed by atoms with E-state index in [1.54, 1.807) is 6.20 Å². The first-order valence-electron chi connectivity index (χ1n) is 12.5. The number of aromatic nitrogens is 5. The lowest BCUT2D eigenvalue weighted by molar-refractivity contribution is 0.0273. The number of nitrogens with one attached hydrogen (secondary N) is 1. The molecule has 2 saturated heterocycles. The van der Waals surface area contributed by atoms with Crippen LogP contribution in [0.15, 0.2) is 60.8 Å². The number of imidazole rings is 2. The monoisotopic (exact) mass is 528 g/mol. The second kappa shape index (κ2) is 9.13. The summed E-state index contributed by atoms with van der Waals surface area (Å²) in [6.07, 6.45) is 2.53. The van der Waals surface area contributed by atoms with E-state index in [2.05, 4.69) is 51.4 Å². The molecule has 2 aromatic carbocycles. The first kappa shape index (κ1) is 23.2. The number of nitrogens with two attached hydrogens (primary N) is 1. The van der Waals surface area contributed by atoms with Crippen LogP contribution in [-0.2, 0) is 16.5 Å². The molecule has 0 aliphatic carbocycles. The van der Waals surface area contributed by atoms with E-state index >= 15 is 0 Å². The van der Waals surface area contributed by atoms with Gasteiger partial charge >= 0.3 is 0 Å². The minimum atomic E-state index is -0.193. The summed E-state index contributed by atoms with van der Waals surface area (Å²) in [7, 11) is 1.90. The normalized spacial score (nSPS) is 20.7. The lowest BCUT2D eigenvalue weighted by atomic mass is 10.0. The Morgan fingerprint density at radius 1 is 1.00 bits per heavy atom. The zero-order valence-corrected chi connectivity index (χ0v) is 21.4. The maximum atomic E-state index is 6.63. The Kier molecular flexibility index (Phi) is 5.57. The molecule has 5 heterocycles. The number of anilines is 1. The van der Waals surface area contributed by atoms with E-state index in [4.69, 9.17) is 36.5 Å². The Morgan fingerprint density at radius 3 is 2.42 bits per heavy atom.